The van der Waals surface area contributed by atoms with Crippen LogP contribution in [0.15, 0.2) is 18.6 Å². The molecular weight excluding hydrogens is 184 g/mol. The number of hydrogen-bond acceptors (Lipinski definition) is 5. The van der Waals surface area contributed by atoms with E-state index in [0.717, 1.165) is 0 Å². The number of esters is 1. The van der Waals surface area contributed by atoms with Gasteiger partial charge in [0.2, 0.25) is 0 Å². The summed E-state index contributed by atoms with van der Waals surface area (Å²) in [7, 11) is 1.31. The number of hydrogen-bond donors (Lipinski definition) is 1. The van der Waals surface area contributed by atoms with Crippen LogP contribution in [-0.4, -0.2) is 27.7 Å². The Morgan fingerprint density at radius 3 is 3.14 bits per heavy atom. The molecule has 2 N–H and O–H groups in total. The minimum atomic E-state index is -0.438. The molecule has 14 heavy (non-hydrogen) atoms. The summed E-state index contributed by atoms with van der Waals surface area (Å²) in [6, 6.07) is 1.51. The summed E-state index contributed by atoms with van der Waals surface area (Å²) in [4.78, 5) is 11.2. The molecular formula is C8H8N4O2. The average molecular weight is 192 g/mol. The Morgan fingerprint density at radius 1 is 1.64 bits per heavy atom. The number of pyridine rings is 1. The number of nitrogen functional groups attached to an aromatic ring is 1. The fourth-order valence-corrected chi connectivity index (χ4v) is 1.19. The second-order valence-electron chi connectivity index (χ2n) is 2.74. The lowest BCUT2D eigenvalue weighted by atomic mass is 10.2. The molecule has 2 heterocycles. The standard InChI is InChI=1S/C8H8N4O2/c1-14-8(13)5-2-6(9)7-11-10-4-12(7)3-5/h2-4H,9H2,1H3. The van der Waals surface area contributed by atoms with Crippen LogP contribution in [0.2, 0.25) is 0 Å². The van der Waals surface area contributed by atoms with Crippen LogP contribution in [0.25, 0.3) is 5.65 Å². The summed E-state index contributed by atoms with van der Waals surface area (Å²) in [5, 5.41) is 7.45. The molecule has 0 amide bonds. The third-order valence-corrected chi connectivity index (χ3v) is 1.84. The van der Waals surface area contributed by atoms with Gasteiger partial charge in [0, 0.05) is 6.20 Å². The van der Waals surface area contributed by atoms with Crippen molar-refractivity contribution >= 4 is 17.3 Å². The van der Waals surface area contributed by atoms with E-state index in [1.165, 1.54) is 19.5 Å². The number of aromatic nitrogens is 3. The van der Waals surface area contributed by atoms with Crippen molar-refractivity contribution in [1.82, 2.24) is 14.6 Å². The fourth-order valence-electron chi connectivity index (χ4n) is 1.19. The van der Waals surface area contributed by atoms with E-state index in [0.29, 0.717) is 16.9 Å². The lowest BCUT2D eigenvalue weighted by Crippen LogP contribution is -2.04. The molecule has 2 aromatic rings. The van der Waals surface area contributed by atoms with Gasteiger partial charge < -0.3 is 10.5 Å². The van der Waals surface area contributed by atoms with Crippen LogP contribution in [0.1, 0.15) is 10.4 Å². The Labute approximate surface area is 79.3 Å². The van der Waals surface area contributed by atoms with E-state index in [2.05, 4.69) is 14.9 Å². The summed E-state index contributed by atoms with van der Waals surface area (Å²) in [6.45, 7) is 0. The van der Waals surface area contributed by atoms with Crippen molar-refractivity contribution in [3.05, 3.63) is 24.2 Å². The van der Waals surface area contributed by atoms with Gasteiger partial charge in [-0.2, -0.15) is 0 Å². The topological polar surface area (TPSA) is 82.5 Å². The Kier molecular flexibility index (Phi) is 1.81. The number of fused-ring (bicyclic) bond motifs is 1. The van der Waals surface area contributed by atoms with Crippen molar-refractivity contribution in [2.24, 2.45) is 0 Å². The van der Waals surface area contributed by atoms with Gasteiger partial charge >= 0.3 is 5.97 Å². The molecule has 2 rings (SSSR count). The highest BCUT2D eigenvalue weighted by Crippen LogP contribution is 2.13. The van der Waals surface area contributed by atoms with E-state index < -0.39 is 5.97 Å². The van der Waals surface area contributed by atoms with Gasteiger partial charge in [0.25, 0.3) is 0 Å². The fraction of sp³-hybridized carbons (Fsp3) is 0.125. The third kappa shape index (κ3) is 1.17. The van der Waals surface area contributed by atoms with Crippen LogP contribution in [0.5, 0.6) is 0 Å². The van der Waals surface area contributed by atoms with Gasteiger partial charge in [0.15, 0.2) is 5.65 Å². The Morgan fingerprint density at radius 2 is 2.43 bits per heavy atom. The highest BCUT2D eigenvalue weighted by molar-refractivity contribution is 5.91. The first kappa shape index (κ1) is 8.49. The smallest absolute Gasteiger partial charge is 0.339 e. The zero-order valence-electron chi connectivity index (χ0n) is 7.47. The summed E-state index contributed by atoms with van der Waals surface area (Å²) in [5.74, 6) is -0.438. The molecule has 6 heteroatoms. The van der Waals surface area contributed by atoms with Crippen molar-refractivity contribution < 1.29 is 9.53 Å². The minimum Gasteiger partial charge on any atom is -0.465 e. The SMILES string of the molecule is COC(=O)c1cc(N)c2nncn2c1. The highest BCUT2D eigenvalue weighted by atomic mass is 16.5. The van der Waals surface area contributed by atoms with E-state index in [4.69, 9.17) is 5.73 Å². The van der Waals surface area contributed by atoms with E-state index >= 15 is 0 Å². The molecule has 72 valence electrons. The van der Waals surface area contributed by atoms with E-state index in [9.17, 15) is 4.79 Å². The van der Waals surface area contributed by atoms with Crippen LogP contribution in [0.3, 0.4) is 0 Å². The quantitative estimate of drug-likeness (QED) is 0.648. The lowest BCUT2D eigenvalue weighted by Gasteiger charge is -2.01. The maximum Gasteiger partial charge on any atom is 0.339 e. The number of anilines is 1. The van der Waals surface area contributed by atoms with Crippen LogP contribution in [0, 0.1) is 0 Å². The summed E-state index contributed by atoms with van der Waals surface area (Å²) in [5.41, 5.74) is 6.95. The second-order valence-corrected chi connectivity index (χ2v) is 2.74. The number of ether oxygens (including phenoxy) is 1. The molecule has 0 bridgehead atoms. The maximum atomic E-state index is 11.2. The lowest BCUT2D eigenvalue weighted by molar-refractivity contribution is 0.0600. The van der Waals surface area contributed by atoms with Crippen molar-refractivity contribution in [2.75, 3.05) is 12.8 Å². The molecule has 0 unspecified atom stereocenters. The predicted molar refractivity (Wildman–Crippen MR) is 48.7 cm³/mol. The first-order valence-electron chi connectivity index (χ1n) is 3.89. The van der Waals surface area contributed by atoms with Crippen LogP contribution in [0.4, 0.5) is 5.69 Å². The van der Waals surface area contributed by atoms with Crippen molar-refractivity contribution in [3.63, 3.8) is 0 Å². The predicted octanol–water partition coefficient (Wildman–Crippen LogP) is 0.0981. The molecule has 0 radical (unpaired) electrons. The van der Waals surface area contributed by atoms with Gasteiger partial charge in [-0.3, -0.25) is 4.40 Å². The molecule has 0 atom stereocenters. The third-order valence-electron chi connectivity index (χ3n) is 1.84. The molecule has 2 aromatic heterocycles. The Balaban J connectivity index is 2.64. The molecule has 6 nitrogen and oxygen atoms in total. The Bertz CT molecular complexity index is 491. The first-order chi connectivity index (χ1) is 6.72. The van der Waals surface area contributed by atoms with Gasteiger partial charge in [-0.25, -0.2) is 4.79 Å². The zero-order valence-corrected chi connectivity index (χ0v) is 7.47. The van der Waals surface area contributed by atoms with Crippen LogP contribution >= 0.6 is 0 Å². The molecule has 0 spiro atoms. The number of rotatable bonds is 1. The zero-order chi connectivity index (χ0) is 10.1. The molecule has 0 aliphatic heterocycles. The molecule has 0 saturated heterocycles. The van der Waals surface area contributed by atoms with Gasteiger partial charge in [0.1, 0.15) is 6.33 Å². The van der Waals surface area contributed by atoms with Crippen molar-refractivity contribution in [2.45, 2.75) is 0 Å². The van der Waals surface area contributed by atoms with Gasteiger partial charge in [0.05, 0.1) is 18.4 Å². The first-order valence-corrected chi connectivity index (χ1v) is 3.89. The van der Waals surface area contributed by atoms with Crippen LogP contribution < -0.4 is 5.73 Å². The molecule has 0 saturated carbocycles. The number of carbonyl (C=O) groups excluding carboxylic acids is 1. The summed E-state index contributed by atoms with van der Waals surface area (Å²) in [6.07, 6.45) is 3.04. The number of carbonyl (C=O) groups is 1. The molecule has 0 fully saturated rings. The molecule has 0 aliphatic carbocycles. The van der Waals surface area contributed by atoms with Crippen molar-refractivity contribution in [1.29, 1.82) is 0 Å². The van der Waals surface area contributed by atoms with Crippen molar-refractivity contribution in [3.8, 4) is 0 Å². The Hall–Kier alpha value is -2.11. The largest absolute Gasteiger partial charge is 0.465 e. The van der Waals surface area contributed by atoms with Gasteiger partial charge in [-0.05, 0) is 6.07 Å². The monoisotopic (exact) mass is 192 g/mol. The van der Waals surface area contributed by atoms with E-state index in [1.807, 2.05) is 0 Å². The summed E-state index contributed by atoms with van der Waals surface area (Å²) < 4.78 is 6.14. The number of methoxy groups -OCH3 is 1. The number of nitrogens with zero attached hydrogens (tertiary/aromatic N) is 3. The highest BCUT2D eigenvalue weighted by Gasteiger charge is 2.09. The maximum absolute atomic E-state index is 11.2. The number of nitrogens with two attached hydrogens (primary N) is 1. The van der Waals surface area contributed by atoms with Gasteiger partial charge in [-0.15, -0.1) is 10.2 Å². The second kappa shape index (κ2) is 2.99. The van der Waals surface area contributed by atoms with Gasteiger partial charge in [-0.1, -0.05) is 0 Å². The molecule has 0 aliphatic rings. The minimum absolute atomic E-state index is 0.373. The average Bonchev–Trinajstić information content (AvgIpc) is 2.64. The molecule has 0 aromatic carbocycles. The van der Waals surface area contributed by atoms with E-state index in [1.54, 1.807) is 10.6 Å². The normalized spacial score (nSPS) is 10.4. The van der Waals surface area contributed by atoms with Crippen LogP contribution in [-0.2, 0) is 4.74 Å². The summed E-state index contributed by atoms with van der Waals surface area (Å²) >= 11 is 0. The van der Waals surface area contributed by atoms with E-state index in [-0.39, 0.29) is 0 Å².